The Labute approximate surface area is 148 Å². The van der Waals surface area contributed by atoms with Crippen molar-refractivity contribution in [1.82, 2.24) is 10.1 Å². The van der Waals surface area contributed by atoms with E-state index in [0.29, 0.717) is 21.5 Å². The smallest absolute Gasteiger partial charge is 0.318 e. The molecule has 1 aliphatic rings. The van der Waals surface area contributed by atoms with Crippen molar-refractivity contribution in [3.05, 3.63) is 83.9 Å². The standard InChI is InChI=1S/C14H7ClN5O6/c15-6-1-2-9-7(3-6)8(5-16-9)12-10(18(21)22)4-11(19(23)24)13-14(12)20(25)26-17-13/h1-5,12,16H/q-1. The molecule has 1 N–H and O–H groups in total. The highest BCUT2D eigenvalue weighted by Gasteiger charge is 2.47. The first-order valence-electron chi connectivity index (χ1n) is 7.12. The number of nitrogens with one attached hydrogen (secondary N) is 1. The number of nitrogens with zero attached hydrogens (tertiary/aromatic N) is 4. The molecule has 3 aromatic rings. The molecular weight excluding hydrogens is 370 g/mol. The van der Waals surface area contributed by atoms with Crippen molar-refractivity contribution in [2.75, 3.05) is 0 Å². The van der Waals surface area contributed by atoms with E-state index in [1.54, 1.807) is 18.2 Å². The second-order valence-corrected chi connectivity index (χ2v) is 5.94. The van der Waals surface area contributed by atoms with Crippen molar-refractivity contribution < 1.29 is 19.4 Å². The number of aromatic amines is 1. The number of aromatic nitrogens is 3. The number of nitro groups is 1. The highest BCUT2D eigenvalue weighted by Crippen LogP contribution is 2.39. The Kier molecular flexibility index (Phi) is 3.34. The Morgan fingerprint density at radius 3 is 2.77 bits per heavy atom. The molecule has 26 heavy (non-hydrogen) atoms. The molecule has 12 heteroatoms. The number of hydrogen-bond donors (Lipinski definition) is 1. The van der Waals surface area contributed by atoms with Crippen LogP contribution in [0.2, 0.25) is 5.02 Å². The van der Waals surface area contributed by atoms with Gasteiger partial charge in [0.25, 0.3) is 11.4 Å². The van der Waals surface area contributed by atoms with E-state index in [1.165, 1.54) is 6.20 Å². The maximum Gasteiger partial charge on any atom is 0.318 e. The van der Waals surface area contributed by atoms with Crippen LogP contribution in [0.1, 0.15) is 22.9 Å². The molecule has 0 aliphatic heterocycles. The predicted octanol–water partition coefficient (Wildman–Crippen LogP) is 1.55. The molecule has 0 spiro atoms. The molecular formula is C14H7ClN5O6-. The van der Waals surface area contributed by atoms with Crippen LogP contribution in [0.25, 0.3) is 10.9 Å². The van der Waals surface area contributed by atoms with Crippen LogP contribution in [0, 0.1) is 25.7 Å². The van der Waals surface area contributed by atoms with E-state index in [1.807, 2.05) is 0 Å². The maximum absolute atomic E-state index is 12.1. The Bertz CT molecular complexity index is 1130. The predicted molar refractivity (Wildman–Crippen MR) is 86.8 cm³/mol. The third-order valence-corrected chi connectivity index (χ3v) is 4.37. The lowest BCUT2D eigenvalue weighted by Crippen LogP contribution is -2.36. The van der Waals surface area contributed by atoms with Crippen LogP contribution in [0.3, 0.4) is 0 Å². The van der Waals surface area contributed by atoms with Crippen LogP contribution in [0.15, 0.2) is 40.8 Å². The van der Waals surface area contributed by atoms with Crippen LogP contribution in [0.4, 0.5) is 0 Å². The molecule has 1 aromatic carbocycles. The third-order valence-electron chi connectivity index (χ3n) is 4.14. The van der Waals surface area contributed by atoms with E-state index in [9.17, 15) is 25.7 Å². The SMILES string of the molecule is O=[N+]([O-])C1=CC(=[N+]([O-])[O-])c2no[n+]([O-])c2C1c1c[nH]c2ccc(Cl)cc12. The van der Waals surface area contributed by atoms with Gasteiger partial charge in [-0.05, 0) is 28.7 Å². The van der Waals surface area contributed by atoms with Gasteiger partial charge in [0.1, 0.15) is 5.92 Å². The Morgan fingerprint density at radius 1 is 1.31 bits per heavy atom. The zero-order valence-corrected chi connectivity index (χ0v) is 13.3. The van der Waals surface area contributed by atoms with Crippen LogP contribution >= 0.6 is 11.6 Å². The summed E-state index contributed by atoms with van der Waals surface area (Å²) in [6, 6.07) is 4.88. The summed E-state index contributed by atoms with van der Waals surface area (Å²) >= 11 is 6.01. The van der Waals surface area contributed by atoms with Crippen LogP contribution in [-0.2, 0) is 0 Å². The Balaban J connectivity index is 2.06. The van der Waals surface area contributed by atoms with Crippen LogP contribution < -0.4 is 4.90 Å². The molecule has 2 heterocycles. The Morgan fingerprint density at radius 2 is 2.08 bits per heavy atom. The summed E-state index contributed by atoms with van der Waals surface area (Å²) in [7, 11) is 0. The van der Waals surface area contributed by atoms with Gasteiger partial charge in [-0.2, -0.15) is 4.90 Å². The number of allylic oxidation sites excluding steroid dienone is 2. The second kappa shape index (κ2) is 5.46. The van der Waals surface area contributed by atoms with Gasteiger partial charge in [0.15, 0.2) is 0 Å². The summed E-state index contributed by atoms with van der Waals surface area (Å²) in [5.41, 5.74) is -0.922. The van der Waals surface area contributed by atoms with Crippen LogP contribution in [0.5, 0.6) is 0 Å². The molecule has 2 aromatic heterocycles. The first-order chi connectivity index (χ1) is 12.4. The lowest BCUT2D eigenvalue weighted by molar-refractivity contribution is -0.808. The fourth-order valence-electron chi connectivity index (χ4n) is 3.06. The normalized spacial score (nSPS) is 16.4. The highest BCUT2D eigenvalue weighted by molar-refractivity contribution is 6.31. The lowest BCUT2D eigenvalue weighted by Gasteiger charge is -2.16. The molecule has 0 saturated carbocycles. The van der Waals surface area contributed by atoms with Crippen molar-refractivity contribution in [3.63, 3.8) is 0 Å². The van der Waals surface area contributed by atoms with Crippen molar-refractivity contribution >= 4 is 28.2 Å². The lowest BCUT2D eigenvalue weighted by atomic mass is 9.86. The summed E-state index contributed by atoms with van der Waals surface area (Å²) in [5.74, 6) is -1.22. The molecule has 1 unspecified atom stereocenters. The van der Waals surface area contributed by atoms with E-state index in [0.717, 1.165) is 6.08 Å². The molecule has 4 rings (SSSR count). The monoisotopic (exact) mass is 376 g/mol. The fourth-order valence-corrected chi connectivity index (χ4v) is 3.24. The molecule has 0 amide bonds. The second-order valence-electron chi connectivity index (χ2n) is 5.50. The van der Waals surface area contributed by atoms with E-state index in [-0.39, 0.29) is 16.3 Å². The quantitative estimate of drug-likeness (QED) is 0.403. The Hall–Kier alpha value is -3.60. The minimum Gasteiger partial charge on any atom is -0.612 e. The number of H-pyrrole nitrogens is 1. The minimum absolute atomic E-state index is 0.0522. The zero-order valence-electron chi connectivity index (χ0n) is 12.6. The number of hydrogen-bond acceptors (Lipinski definition) is 7. The molecule has 1 aliphatic carbocycles. The van der Waals surface area contributed by atoms with Gasteiger partial charge in [-0.3, -0.25) is 14.7 Å². The van der Waals surface area contributed by atoms with Crippen molar-refractivity contribution in [1.29, 1.82) is 0 Å². The van der Waals surface area contributed by atoms with Crippen molar-refractivity contribution in [2.45, 2.75) is 5.92 Å². The first kappa shape index (κ1) is 15.9. The van der Waals surface area contributed by atoms with Gasteiger partial charge in [-0.1, -0.05) is 11.6 Å². The van der Waals surface area contributed by atoms with Gasteiger partial charge < -0.3 is 20.6 Å². The zero-order chi connectivity index (χ0) is 18.6. The molecule has 0 fully saturated rings. The van der Waals surface area contributed by atoms with Gasteiger partial charge in [0.05, 0.1) is 16.2 Å². The molecule has 0 saturated heterocycles. The topological polar surface area (TPSA) is 161 Å². The summed E-state index contributed by atoms with van der Waals surface area (Å²) in [5, 5.41) is 50.4. The number of rotatable bonds is 2. The van der Waals surface area contributed by atoms with Gasteiger partial charge in [0.2, 0.25) is 5.69 Å². The largest absolute Gasteiger partial charge is 0.612 e. The molecule has 11 nitrogen and oxygen atoms in total. The molecule has 1 atom stereocenters. The third kappa shape index (κ3) is 2.18. The maximum atomic E-state index is 12.1. The number of benzene rings is 1. The average molecular weight is 377 g/mol. The van der Waals surface area contributed by atoms with Crippen molar-refractivity contribution in [3.8, 4) is 0 Å². The van der Waals surface area contributed by atoms with Gasteiger partial charge in [0, 0.05) is 22.1 Å². The number of halogens is 1. The van der Waals surface area contributed by atoms with Crippen LogP contribution in [-0.4, -0.2) is 25.7 Å². The highest BCUT2D eigenvalue weighted by atomic mass is 35.5. The molecule has 132 valence electrons. The van der Waals surface area contributed by atoms with E-state index < -0.39 is 27.2 Å². The average Bonchev–Trinajstić information content (AvgIpc) is 3.17. The summed E-state index contributed by atoms with van der Waals surface area (Å²) < 4.78 is 4.48. The van der Waals surface area contributed by atoms with Gasteiger partial charge in [-0.25, -0.2) is 0 Å². The van der Waals surface area contributed by atoms with E-state index >= 15 is 0 Å². The first-order valence-corrected chi connectivity index (χ1v) is 7.50. The molecule has 0 bridgehead atoms. The van der Waals surface area contributed by atoms with E-state index in [4.69, 9.17) is 11.6 Å². The summed E-state index contributed by atoms with van der Waals surface area (Å²) in [6.07, 6.45) is 2.27. The van der Waals surface area contributed by atoms with Crippen molar-refractivity contribution in [2.24, 2.45) is 0 Å². The minimum atomic E-state index is -1.22. The summed E-state index contributed by atoms with van der Waals surface area (Å²) in [6.45, 7) is 0. The fraction of sp³-hybridized carbons (Fsp3) is 0.0714. The van der Waals surface area contributed by atoms with E-state index in [2.05, 4.69) is 14.8 Å². The molecule has 0 radical (unpaired) electrons. The number of fused-ring (bicyclic) bond motifs is 2. The van der Waals surface area contributed by atoms with Gasteiger partial charge in [-0.15, -0.1) is 0 Å². The summed E-state index contributed by atoms with van der Waals surface area (Å²) in [4.78, 5) is 12.8. The van der Waals surface area contributed by atoms with Gasteiger partial charge >= 0.3 is 5.69 Å².